The van der Waals surface area contributed by atoms with Crippen LogP contribution < -0.4 is 9.47 Å². The highest BCUT2D eigenvalue weighted by atomic mass is 16.5. The second-order valence-corrected chi connectivity index (χ2v) is 6.45. The number of carbonyl (C=O) groups excluding carboxylic acids is 1. The molecule has 0 radical (unpaired) electrons. The molecule has 1 N–H and O–H groups in total. The maximum atomic E-state index is 12.6. The summed E-state index contributed by atoms with van der Waals surface area (Å²) in [5.41, 5.74) is 2.39. The minimum atomic E-state index is -0.253. The zero-order valence-electron chi connectivity index (χ0n) is 14.5. The third-order valence-corrected chi connectivity index (χ3v) is 5.49. The number of ether oxygens (including phenoxy) is 2. The first-order chi connectivity index (χ1) is 10.8. The van der Waals surface area contributed by atoms with E-state index in [1.165, 1.54) is 0 Å². The second-order valence-electron chi connectivity index (χ2n) is 6.45. The molecule has 0 aromatic heterocycles. The lowest BCUT2D eigenvalue weighted by Crippen LogP contribution is -2.62. The lowest BCUT2D eigenvalue weighted by atomic mass is 9.79. The van der Waals surface area contributed by atoms with Crippen molar-refractivity contribution in [3.8, 4) is 17.2 Å². The number of benzene rings is 1. The number of methoxy groups -OCH3 is 2. The van der Waals surface area contributed by atoms with E-state index in [1.807, 2.05) is 27.9 Å². The zero-order valence-corrected chi connectivity index (χ0v) is 14.5. The van der Waals surface area contributed by atoms with Crippen LogP contribution >= 0.6 is 0 Å². The van der Waals surface area contributed by atoms with E-state index in [0.717, 1.165) is 11.1 Å². The predicted molar refractivity (Wildman–Crippen MR) is 86.2 cm³/mol. The highest BCUT2D eigenvalue weighted by Gasteiger charge is 2.49. The van der Waals surface area contributed by atoms with Crippen LogP contribution in [0.3, 0.4) is 0 Å². The molecule has 6 nitrogen and oxygen atoms in total. The highest BCUT2D eigenvalue weighted by molar-refractivity contribution is 5.85. The number of amides is 1. The molecule has 1 fully saturated rings. The first kappa shape index (κ1) is 15.9. The smallest absolute Gasteiger partial charge is 0.240 e. The summed E-state index contributed by atoms with van der Waals surface area (Å²) in [6, 6.07) is -0.317. The number of rotatable bonds is 2. The van der Waals surface area contributed by atoms with Gasteiger partial charge in [-0.1, -0.05) is 0 Å². The van der Waals surface area contributed by atoms with Gasteiger partial charge in [0.15, 0.2) is 11.5 Å². The maximum Gasteiger partial charge on any atom is 0.240 e. The molecule has 126 valence electrons. The summed E-state index contributed by atoms with van der Waals surface area (Å²) in [4.78, 5) is 16.5. The third kappa shape index (κ3) is 1.94. The average Bonchev–Trinajstić information content (AvgIpc) is 2.54. The fraction of sp³-hybridized carbons (Fsp3) is 0.588. The number of phenolic OH excluding ortho intramolecular Hbond substituents is 1. The predicted octanol–water partition coefficient (Wildman–Crippen LogP) is 1.48. The molecular weight excluding hydrogens is 296 g/mol. The van der Waals surface area contributed by atoms with Crippen molar-refractivity contribution < 1.29 is 19.4 Å². The Hall–Kier alpha value is -1.95. The van der Waals surface area contributed by atoms with E-state index in [-0.39, 0.29) is 29.8 Å². The topological polar surface area (TPSA) is 62.2 Å². The molecular formula is C17H24N2O4. The van der Waals surface area contributed by atoms with Crippen LogP contribution in [0.4, 0.5) is 0 Å². The molecule has 23 heavy (non-hydrogen) atoms. The minimum Gasteiger partial charge on any atom is -0.507 e. The Morgan fingerprint density at radius 3 is 2.35 bits per heavy atom. The molecule has 3 rings (SSSR count). The first-order valence-corrected chi connectivity index (χ1v) is 7.79. The van der Waals surface area contributed by atoms with Gasteiger partial charge in [-0.3, -0.25) is 9.69 Å². The van der Waals surface area contributed by atoms with Crippen molar-refractivity contribution in [1.82, 2.24) is 9.80 Å². The molecule has 1 saturated heterocycles. The van der Waals surface area contributed by atoms with Gasteiger partial charge >= 0.3 is 0 Å². The number of fused-ring (bicyclic) bond motifs is 4. The maximum absolute atomic E-state index is 12.6. The van der Waals surface area contributed by atoms with Gasteiger partial charge in [0.05, 0.1) is 26.3 Å². The van der Waals surface area contributed by atoms with Crippen molar-refractivity contribution in [1.29, 1.82) is 0 Å². The quantitative estimate of drug-likeness (QED) is 0.894. The number of hydrogen-bond donors (Lipinski definition) is 1. The Morgan fingerprint density at radius 2 is 1.78 bits per heavy atom. The summed E-state index contributed by atoms with van der Waals surface area (Å²) < 4.78 is 11.1. The van der Waals surface area contributed by atoms with E-state index < -0.39 is 0 Å². The van der Waals surface area contributed by atoms with Gasteiger partial charge in [0, 0.05) is 36.2 Å². The molecule has 2 bridgehead atoms. The Labute approximate surface area is 136 Å². The van der Waals surface area contributed by atoms with Crippen molar-refractivity contribution in [2.45, 2.75) is 38.4 Å². The summed E-state index contributed by atoms with van der Waals surface area (Å²) in [7, 11) is 6.99. The van der Waals surface area contributed by atoms with E-state index in [2.05, 4.69) is 4.90 Å². The van der Waals surface area contributed by atoms with E-state index in [9.17, 15) is 9.90 Å². The van der Waals surface area contributed by atoms with Gasteiger partial charge in [0.25, 0.3) is 0 Å². The molecule has 1 aromatic rings. The van der Waals surface area contributed by atoms with Crippen molar-refractivity contribution in [2.24, 2.45) is 0 Å². The molecule has 2 aliphatic heterocycles. The van der Waals surface area contributed by atoms with Crippen LogP contribution in [0.15, 0.2) is 0 Å². The number of carbonyl (C=O) groups is 1. The van der Waals surface area contributed by atoms with Crippen LogP contribution in [0.25, 0.3) is 0 Å². The molecule has 1 aromatic carbocycles. The Kier molecular flexibility index (Phi) is 3.67. The first-order valence-electron chi connectivity index (χ1n) is 7.79. The number of piperazine rings is 1. The van der Waals surface area contributed by atoms with Gasteiger partial charge in [-0.05, 0) is 20.9 Å². The number of nitrogens with zero attached hydrogens (tertiary/aromatic N) is 2. The fourth-order valence-electron chi connectivity index (χ4n) is 4.08. The molecule has 3 atom stereocenters. The number of phenols is 1. The molecule has 2 heterocycles. The van der Waals surface area contributed by atoms with E-state index >= 15 is 0 Å². The van der Waals surface area contributed by atoms with E-state index in [1.54, 1.807) is 19.1 Å². The van der Waals surface area contributed by atoms with Crippen molar-refractivity contribution in [2.75, 3.05) is 28.3 Å². The van der Waals surface area contributed by atoms with Crippen LogP contribution in [-0.2, 0) is 11.2 Å². The summed E-state index contributed by atoms with van der Waals surface area (Å²) in [6.07, 6.45) is 0.477. The Bertz CT molecular complexity index is 673. The van der Waals surface area contributed by atoms with Crippen molar-refractivity contribution in [3.63, 3.8) is 0 Å². The number of aromatic hydroxyl groups is 1. The standard InChI is InChI=1S/C17H24N2O4/c1-8-14(20)10-7-11-17(21)18(3)9(2)13(19(11)4)12(10)16(23-6)15(8)22-5/h9,11,13,20H,7H2,1-6H3/t9-,11+,13+/m1/s1. The SMILES string of the molecule is COc1c(C)c(O)c2c(c1OC)[C@@H]1[C@@H](C)N(C)C(=O)[C@H](C2)N1C. The lowest BCUT2D eigenvalue weighted by molar-refractivity contribution is -0.147. The van der Waals surface area contributed by atoms with Crippen LogP contribution in [0, 0.1) is 6.92 Å². The molecule has 6 heteroatoms. The van der Waals surface area contributed by atoms with E-state index in [0.29, 0.717) is 23.5 Å². The lowest BCUT2D eigenvalue weighted by Gasteiger charge is -2.51. The van der Waals surface area contributed by atoms with Gasteiger partial charge in [-0.25, -0.2) is 0 Å². The molecule has 0 aliphatic carbocycles. The van der Waals surface area contributed by atoms with Crippen LogP contribution in [0.2, 0.25) is 0 Å². The summed E-state index contributed by atoms with van der Waals surface area (Å²) in [5, 5.41) is 10.7. The van der Waals surface area contributed by atoms with Gasteiger partial charge in [0.1, 0.15) is 5.75 Å². The summed E-state index contributed by atoms with van der Waals surface area (Å²) >= 11 is 0. The second kappa shape index (κ2) is 5.30. The number of hydrogen-bond acceptors (Lipinski definition) is 5. The van der Waals surface area contributed by atoms with Crippen LogP contribution in [0.5, 0.6) is 17.2 Å². The monoisotopic (exact) mass is 320 g/mol. The summed E-state index contributed by atoms with van der Waals surface area (Å²) in [5.74, 6) is 1.52. The van der Waals surface area contributed by atoms with Gasteiger partial charge in [-0.15, -0.1) is 0 Å². The molecule has 1 amide bonds. The zero-order chi connectivity index (χ0) is 17.0. The Morgan fingerprint density at radius 1 is 1.17 bits per heavy atom. The van der Waals surface area contributed by atoms with Crippen LogP contribution in [-0.4, -0.2) is 61.2 Å². The molecule has 0 spiro atoms. The van der Waals surface area contributed by atoms with Crippen molar-refractivity contribution in [3.05, 3.63) is 16.7 Å². The van der Waals surface area contributed by atoms with Gasteiger partial charge in [0.2, 0.25) is 5.91 Å². The highest BCUT2D eigenvalue weighted by Crippen LogP contribution is 2.52. The van der Waals surface area contributed by atoms with E-state index in [4.69, 9.17) is 9.47 Å². The summed E-state index contributed by atoms with van der Waals surface area (Å²) in [6.45, 7) is 3.83. The molecule has 2 aliphatic rings. The largest absolute Gasteiger partial charge is 0.507 e. The molecule has 0 saturated carbocycles. The normalized spacial score (nSPS) is 27.0. The molecule has 0 unspecified atom stereocenters. The number of likely N-dealkylation sites (N-methyl/N-ethyl adjacent to an activating group) is 2. The third-order valence-electron chi connectivity index (χ3n) is 5.49. The van der Waals surface area contributed by atoms with Crippen molar-refractivity contribution >= 4 is 5.91 Å². The minimum absolute atomic E-state index is 0.0245. The van der Waals surface area contributed by atoms with Gasteiger partial charge < -0.3 is 19.5 Å². The average molecular weight is 320 g/mol. The van der Waals surface area contributed by atoms with Gasteiger partial charge in [-0.2, -0.15) is 0 Å². The fourth-order valence-corrected chi connectivity index (χ4v) is 4.08. The van der Waals surface area contributed by atoms with Crippen LogP contribution in [0.1, 0.15) is 29.7 Å². The Balaban J connectivity index is 2.32.